The second kappa shape index (κ2) is 6.49. The number of likely N-dealkylation sites (tertiary alicyclic amines) is 2. The van der Waals surface area contributed by atoms with E-state index in [2.05, 4.69) is 9.97 Å². The lowest BCUT2D eigenvalue weighted by atomic mass is 9.82. The molecule has 2 amide bonds. The number of benzene rings is 1. The SMILES string of the molecule is O=C(c1ccccc1)N1C[C@@H]2CN(C(=O)c3cnccn3)C[C@]2(CO)C1. The Morgan fingerprint density at radius 3 is 2.35 bits per heavy atom. The Hall–Kier alpha value is -2.80. The van der Waals surface area contributed by atoms with Gasteiger partial charge in [-0.05, 0) is 12.1 Å². The minimum Gasteiger partial charge on any atom is -0.396 e. The lowest BCUT2D eigenvalue weighted by molar-refractivity contribution is 0.0663. The fraction of sp³-hybridized carbons (Fsp3) is 0.368. The van der Waals surface area contributed by atoms with Crippen LogP contribution in [0.25, 0.3) is 0 Å². The van der Waals surface area contributed by atoms with E-state index in [-0.39, 0.29) is 24.3 Å². The first-order valence-electron chi connectivity index (χ1n) is 8.63. The largest absolute Gasteiger partial charge is 0.396 e. The molecule has 2 fully saturated rings. The van der Waals surface area contributed by atoms with E-state index in [9.17, 15) is 14.7 Å². The molecule has 2 aromatic rings. The Morgan fingerprint density at radius 2 is 1.77 bits per heavy atom. The fourth-order valence-corrected chi connectivity index (χ4v) is 4.05. The van der Waals surface area contributed by atoms with Gasteiger partial charge in [0.05, 0.1) is 12.8 Å². The van der Waals surface area contributed by atoms with Crippen molar-refractivity contribution in [2.45, 2.75) is 0 Å². The highest BCUT2D eigenvalue weighted by Crippen LogP contribution is 2.42. The van der Waals surface area contributed by atoms with Crippen molar-refractivity contribution < 1.29 is 14.7 Å². The number of carbonyl (C=O) groups excluding carboxylic acids is 2. The summed E-state index contributed by atoms with van der Waals surface area (Å²) in [5.74, 6) is -0.151. The van der Waals surface area contributed by atoms with E-state index >= 15 is 0 Å². The zero-order valence-corrected chi connectivity index (χ0v) is 14.3. The summed E-state index contributed by atoms with van der Waals surface area (Å²) in [6.45, 7) is 1.86. The molecule has 1 N–H and O–H groups in total. The molecule has 134 valence electrons. The van der Waals surface area contributed by atoms with Crippen molar-refractivity contribution in [1.29, 1.82) is 0 Å². The molecule has 1 aromatic carbocycles. The molecule has 0 radical (unpaired) electrons. The van der Waals surface area contributed by atoms with Crippen molar-refractivity contribution in [2.75, 3.05) is 32.8 Å². The fourth-order valence-electron chi connectivity index (χ4n) is 4.05. The number of aromatic nitrogens is 2. The molecule has 1 aromatic heterocycles. The summed E-state index contributed by atoms with van der Waals surface area (Å²) in [6.07, 6.45) is 4.47. The van der Waals surface area contributed by atoms with Crippen molar-refractivity contribution in [3.63, 3.8) is 0 Å². The second-order valence-corrected chi connectivity index (χ2v) is 7.05. The normalized spacial score (nSPS) is 24.6. The van der Waals surface area contributed by atoms with E-state index in [0.29, 0.717) is 37.4 Å². The van der Waals surface area contributed by atoms with Crippen LogP contribution in [-0.2, 0) is 0 Å². The predicted octanol–water partition coefficient (Wildman–Crippen LogP) is 0.683. The van der Waals surface area contributed by atoms with E-state index in [1.54, 1.807) is 21.9 Å². The number of carbonyl (C=O) groups is 2. The van der Waals surface area contributed by atoms with Gasteiger partial charge in [0.25, 0.3) is 11.8 Å². The van der Waals surface area contributed by atoms with Crippen LogP contribution in [0, 0.1) is 11.3 Å². The average Bonchev–Trinajstić information content (AvgIpc) is 3.23. The van der Waals surface area contributed by atoms with Crippen molar-refractivity contribution in [1.82, 2.24) is 19.8 Å². The van der Waals surface area contributed by atoms with Gasteiger partial charge in [-0.3, -0.25) is 14.6 Å². The van der Waals surface area contributed by atoms with E-state index in [0.717, 1.165) is 0 Å². The monoisotopic (exact) mass is 352 g/mol. The second-order valence-electron chi connectivity index (χ2n) is 7.05. The number of amides is 2. The topological polar surface area (TPSA) is 86.6 Å². The summed E-state index contributed by atoms with van der Waals surface area (Å²) in [4.78, 5) is 36.9. The van der Waals surface area contributed by atoms with Gasteiger partial charge in [0.1, 0.15) is 5.69 Å². The Labute approximate surface area is 151 Å². The standard InChI is InChI=1S/C19H20N4O3/c24-13-19-11-22(17(25)14-4-2-1-3-5-14)9-15(19)10-23(12-19)18(26)16-8-20-6-7-21-16/h1-8,15,24H,9-13H2/t15-,19+/m1/s1. The van der Waals surface area contributed by atoms with Gasteiger partial charge < -0.3 is 14.9 Å². The number of aliphatic hydroxyl groups is 1. The molecule has 0 unspecified atom stereocenters. The van der Waals surface area contributed by atoms with Crippen LogP contribution in [0.5, 0.6) is 0 Å². The van der Waals surface area contributed by atoms with Crippen LogP contribution in [-0.4, -0.2) is 69.5 Å². The summed E-state index contributed by atoms with van der Waals surface area (Å²) >= 11 is 0. The van der Waals surface area contributed by atoms with E-state index in [4.69, 9.17) is 0 Å². The van der Waals surface area contributed by atoms with Crippen LogP contribution in [0.2, 0.25) is 0 Å². The van der Waals surface area contributed by atoms with Gasteiger partial charge in [0.2, 0.25) is 0 Å². The summed E-state index contributed by atoms with van der Waals surface area (Å²) in [5.41, 5.74) is 0.480. The number of hydrogen-bond acceptors (Lipinski definition) is 5. The highest BCUT2D eigenvalue weighted by molar-refractivity contribution is 5.95. The Morgan fingerprint density at radius 1 is 1.08 bits per heavy atom. The quantitative estimate of drug-likeness (QED) is 0.878. The van der Waals surface area contributed by atoms with Gasteiger partial charge in [0, 0.05) is 55.5 Å². The molecule has 0 bridgehead atoms. The smallest absolute Gasteiger partial charge is 0.274 e. The third kappa shape index (κ3) is 2.74. The van der Waals surface area contributed by atoms with Crippen molar-refractivity contribution >= 4 is 11.8 Å². The molecule has 26 heavy (non-hydrogen) atoms. The number of aliphatic hydroxyl groups excluding tert-OH is 1. The molecule has 0 saturated carbocycles. The molecule has 7 heteroatoms. The third-order valence-corrected chi connectivity index (χ3v) is 5.45. The van der Waals surface area contributed by atoms with Crippen molar-refractivity contribution in [3.8, 4) is 0 Å². The van der Waals surface area contributed by atoms with Gasteiger partial charge in [0.15, 0.2) is 0 Å². The molecule has 0 aliphatic carbocycles. The maximum atomic E-state index is 12.7. The highest BCUT2D eigenvalue weighted by atomic mass is 16.3. The lowest BCUT2D eigenvalue weighted by Gasteiger charge is -2.27. The minimum atomic E-state index is -0.470. The molecule has 4 rings (SSSR count). The van der Waals surface area contributed by atoms with Gasteiger partial charge in [-0.15, -0.1) is 0 Å². The van der Waals surface area contributed by atoms with Gasteiger partial charge in [-0.25, -0.2) is 4.98 Å². The molecule has 2 aliphatic rings. The van der Waals surface area contributed by atoms with Crippen molar-refractivity contribution in [2.24, 2.45) is 11.3 Å². The van der Waals surface area contributed by atoms with Crippen LogP contribution in [0.15, 0.2) is 48.9 Å². The molecule has 2 aliphatic heterocycles. The van der Waals surface area contributed by atoms with Crippen LogP contribution in [0.3, 0.4) is 0 Å². The Bertz CT molecular complexity index is 749. The van der Waals surface area contributed by atoms with E-state index in [1.807, 2.05) is 18.2 Å². The van der Waals surface area contributed by atoms with Crippen molar-refractivity contribution in [3.05, 3.63) is 60.2 Å². The first kappa shape index (κ1) is 16.7. The van der Waals surface area contributed by atoms with Crippen LogP contribution < -0.4 is 0 Å². The van der Waals surface area contributed by atoms with Crippen LogP contribution >= 0.6 is 0 Å². The Kier molecular flexibility index (Phi) is 4.16. The summed E-state index contributed by atoms with van der Waals surface area (Å²) in [6, 6.07) is 9.15. The first-order valence-corrected chi connectivity index (χ1v) is 8.63. The summed E-state index contributed by atoms with van der Waals surface area (Å²) in [5, 5.41) is 10.1. The molecule has 3 heterocycles. The zero-order chi connectivity index (χ0) is 18.1. The summed E-state index contributed by atoms with van der Waals surface area (Å²) < 4.78 is 0. The maximum Gasteiger partial charge on any atom is 0.274 e. The van der Waals surface area contributed by atoms with Gasteiger partial charge in [-0.2, -0.15) is 0 Å². The molecule has 2 atom stereocenters. The predicted molar refractivity (Wildman–Crippen MR) is 93.3 cm³/mol. The van der Waals surface area contributed by atoms with E-state index < -0.39 is 5.41 Å². The average molecular weight is 352 g/mol. The zero-order valence-electron chi connectivity index (χ0n) is 14.3. The van der Waals surface area contributed by atoms with Gasteiger partial charge >= 0.3 is 0 Å². The lowest BCUT2D eigenvalue weighted by Crippen LogP contribution is -2.40. The van der Waals surface area contributed by atoms with Crippen LogP contribution in [0.4, 0.5) is 0 Å². The maximum absolute atomic E-state index is 12.7. The first-order chi connectivity index (χ1) is 12.6. The third-order valence-electron chi connectivity index (χ3n) is 5.45. The minimum absolute atomic E-state index is 0.0281. The number of nitrogens with zero attached hydrogens (tertiary/aromatic N) is 4. The number of hydrogen-bond donors (Lipinski definition) is 1. The highest BCUT2D eigenvalue weighted by Gasteiger charge is 2.54. The molecule has 7 nitrogen and oxygen atoms in total. The molecular formula is C19H20N4O3. The number of fused-ring (bicyclic) bond motifs is 1. The van der Waals surface area contributed by atoms with Gasteiger partial charge in [-0.1, -0.05) is 18.2 Å². The van der Waals surface area contributed by atoms with Crippen LogP contribution in [0.1, 0.15) is 20.8 Å². The summed E-state index contributed by atoms with van der Waals surface area (Å²) in [7, 11) is 0. The van der Waals surface area contributed by atoms with E-state index in [1.165, 1.54) is 18.6 Å². The Balaban J connectivity index is 1.50. The molecule has 0 spiro atoms. The molecule has 2 saturated heterocycles. The number of rotatable bonds is 3. The molecular weight excluding hydrogens is 332 g/mol.